The van der Waals surface area contributed by atoms with Crippen molar-refractivity contribution in [1.82, 2.24) is 4.90 Å². The maximum absolute atomic E-state index is 12.1. The van der Waals surface area contributed by atoms with E-state index >= 15 is 0 Å². The van der Waals surface area contributed by atoms with E-state index in [2.05, 4.69) is 4.90 Å². The zero-order valence-corrected chi connectivity index (χ0v) is 11.7. The molecule has 0 radical (unpaired) electrons. The van der Waals surface area contributed by atoms with Crippen LogP contribution >= 0.6 is 0 Å². The van der Waals surface area contributed by atoms with Crippen molar-refractivity contribution in [2.24, 2.45) is 5.92 Å². The molecule has 0 aromatic heterocycles. The van der Waals surface area contributed by atoms with Crippen molar-refractivity contribution in [3.05, 3.63) is 39.9 Å². The first-order valence-electron chi connectivity index (χ1n) is 7.02. The van der Waals surface area contributed by atoms with Crippen LogP contribution in [0.1, 0.15) is 36.0 Å². The average Bonchev–Trinajstić information content (AvgIpc) is 2.91. The van der Waals surface area contributed by atoms with Crippen LogP contribution in [0, 0.1) is 16.0 Å². The molecule has 0 aliphatic heterocycles. The summed E-state index contributed by atoms with van der Waals surface area (Å²) in [6.45, 7) is 1.33. The van der Waals surface area contributed by atoms with Gasteiger partial charge in [0.05, 0.1) is 11.5 Å². The molecular weight excluding hydrogens is 256 g/mol. The Balaban J connectivity index is 1.88. The number of Topliss-reactive ketones (excluding diaryl/α,β-unsaturated/α-hetero) is 1. The van der Waals surface area contributed by atoms with Gasteiger partial charge in [0.15, 0.2) is 5.78 Å². The number of nitrogens with zero attached hydrogens (tertiary/aromatic N) is 2. The Hall–Kier alpha value is -1.75. The molecule has 0 N–H and O–H groups in total. The number of hydrogen-bond donors (Lipinski definition) is 0. The van der Waals surface area contributed by atoms with Crippen molar-refractivity contribution in [2.45, 2.75) is 25.7 Å². The molecule has 108 valence electrons. The second kappa shape index (κ2) is 6.61. The predicted octanol–water partition coefficient (Wildman–Crippen LogP) is 2.90. The molecular formula is C15H20N2O3. The van der Waals surface area contributed by atoms with E-state index in [9.17, 15) is 14.9 Å². The highest BCUT2D eigenvalue weighted by molar-refractivity contribution is 5.97. The van der Waals surface area contributed by atoms with Crippen LogP contribution < -0.4 is 0 Å². The SMILES string of the molecule is CN(CC(=O)c1ccc([N+](=O)[O-])cc1)CC1CCCC1. The summed E-state index contributed by atoms with van der Waals surface area (Å²) in [6, 6.07) is 5.82. The zero-order valence-electron chi connectivity index (χ0n) is 11.7. The molecule has 0 heterocycles. The second-order valence-corrected chi connectivity index (χ2v) is 5.57. The molecule has 0 amide bonds. The highest BCUT2D eigenvalue weighted by Crippen LogP contribution is 2.25. The molecule has 1 aromatic rings. The minimum atomic E-state index is -0.458. The Bertz CT molecular complexity index is 478. The van der Waals surface area contributed by atoms with Gasteiger partial charge in [0.2, 0.25) is 0 Å². The van der Waals surface area contributed by atoms with Crippen molar-refractivity contribution < 1.29 is 9.72 Å². The van der Waals surface area contributed by atoms with E-state index in [1.807, 2.05) is 7.05 Å². The smallest absolute Gasteiger partial charge is 0.269 e. The molecule has 0 unspecified atom stereocenters. The largest absolute Gasteiger partial charge is 0.299 e. The second-order valence-electron chi connectivity index (χ2n) is 5.57. The van der Waals surface area contributed by atoms with Crippen LogP contribution in [0.2, 0.25) is 0 Å². The number of nitro groups is 1. The van der Waals surface area contributed by atoms with Crippen LogP contribution in [0.3, 0.4) is 0 Å². The first kappa shape index (κ1) is 14.7. The molecule has 2 rings (SSSR count). The molecule has 1 aromatic carbocycles. The third-order valence-electron chi connectivity index (χ3n) is 3.86. The van der Waals surface area contributed by atoms with Crippen LogP contribution in [0.4, 0.5) is 5.69 Å². The molecule has 0 atom stereocenters. The maximum Gasteiger partial charge on any atom is 0.269 e. The van der Waals surface area contributed by atoms with Gasteiger partial charge in [-0.25, -0.2) is 0 Å². The van der Waals surface area contributed by atoms with Gasteiger partial charge in [0.25, 0.3) is 5.69 Å². The van der Waals surface area contributed by atoms with E-state index < -0.39 is 4.92 Å². The number of nitro benzene ring substituents is 1. The molecule has 5 heteroatoms. The van der Waals surface area contributed by atoms with Crippen LogP contribution in [-0.4, -0.2) is 35.7 Å². The molecule has 5 nitrogen and oxygen atoms in total. The molecule has 1 aliphatic rings. The molecule has 0 saturated heterocycles. The molecule has 1 saturated carbocycles. The number of carbonyl (C=O) groups is 1. The third-order valence-corrected chi connectivity index (χ3v) is 3.86. The van der Waals surface area contributed by atoms with Gasteiger partial charge >= 0.3 is 0 Å². The number of carbonyl (C=O) groups excluding carboxylic acids is 1. The summed E-state index contributed by atoms with van der Waals surface area (Å²) in [4.78, 5) is 24.3. The quantitative estimate of drug-likeness (QED) is 0.455. The fourth-order valence-electron chi connectivity index (χ4n) is 2.80. The summed E-state index contributed by atoms with van der Waals surface area (Å²) in [7, 11) is 1.96. The summed E-state index contributed by atoms with van der Waals surface area (Å²) >= 11 is 0. The fourth-order valence-corrected chi connectivity index (χ4v) is 2.80. The predicted molar refractivity (Wildman–Crippen MR) is 76.9 cm³/mol. The Kier molecular flexibility index (Phi) is 4.84. The van der Waals surface area contributed by atoms with E-state index in [-0.39, 0.29) is 11.5 Å². The molecule has 1 aliphatic carbocycles. The third kappa shape index (κ3) is 3.87. The monoisotopic (exact) mass is 276 g/mol. The summed E-state index contributed by atoms with van der Waals surface area (Å²) in [5, 5.41) is 10.6. The van der Waals surface area contributed by atoms with Crippen molar-refractivity contribution in [2.75, 3.05) is 20.1 Å². The summed E-state index contributed by atoms with van der Waals surface area (Å²) in [5.41, 5.74) is 0.551. The van der Waals surface area contributed by atoms with Crippen LogP contribution in [-0.2, 0) is 0 Å². The first-order chi connectivity index (χ1) is 9.56. The van der Waals surface area contributed by atoms with E-state index in [4.69, 9.17) is 0 Å². The topological polar surface area (TPSA) is 63.5 Å². The number of hydrogen-bond acceptors (Lipinski definition) is 4. The lowest BCUT2D eigenvalue weighted by Crippen LogP contribution is -2.30. The van der Waals surface area contributed by atoms with Crippen LogP contribution in [0.25, 0.3) is 0 Å². The van der Waals surface area contributed by atoms with Gasteiger partial charge in [-0.1, -0.05) is 12.8 Å². The van der Waals surface area contributed by atoms with Gasteiger partial charge in [-0.2, -0.15) is 0 Å². The van der Waals surface area contributed by atoms with Gasteiger partial charge in [-0.15, -0.1) is 0 Å². The van der Waals surface area contributed by atoms with E-state index in [1.165, 1.54) is 49.9 Å². The summed E-state index contributed by atoms with van der Waals surface area (Å²) in [6.07, 6.45) is 5.12. The minimum Gasteiger partial charge on any atom is -0.299 e. The van der Waals surface area contributed by atoms with Gasteiger partial charge in [-0.3, -0.25) is 19.8 Å². The van der Waals surface area contributed by atoms with Crippen molar-refractivity contribution >= 4 is 11.5 Å². The lowest BCUT2D eigenvalue weighted by molar-refractivity contribution is -0.384. The normalized spacial score (nSPS) is 15.7. The number of ketones is 1. The Morgan fingerprint density at radius 3 is 2.45 bits per heavy atom. The fraction of sp³-hybridized carbons (Fsp3) is 0.533. The molecule has 0 spiro atoms. The molecule has 0 bridgehead atoms. The lowest BCUT2D eigenvalue weighted by Gasteiger charge is -2.19. The van der Waals surface area contributed by atoms with Gasteiger partial charge in [0.1, 0.15) is 0 Å². The first-order valence-corrected chi connectivity index (χ1v) is 7.02. The zero-order chi connectivity index (χ0) is 14.5. The minimum absolute atomic E-state index is 0.0143. The highest BCUT2D eigenvalue weighted by atomic mass is 16.6. The number of likely N-dealkylation sites (N-methyl/N-ethyl adjacent to an activating group) is 1. The van der Waals surface area contributed by atoms with Crippen molar-refractivity contribution in [3.63, 3.8) is 0 Å². The number of rotatable bonds is 6. The van der Waals surface area contributed by atoms with Crippen LogP contribution in [0.5, 0.6) is 0 Å². The molecule has 20 heavy (non-hydrogen) atoms. The molecule has 1 fully saturated rings. The van der Waals surface area contributed by atoms with E-state index in [0.29, 0.717) is 18.0 Å². The Morgan fingerprint density at radius 2 is 1.90 bits per heavy atom. The van der Waals surface area contributed by atoms with Crippen molar-refractivity contribution in [1.29, 1.82) is 0 Å². The van der Waals surface area contributed by atoms with Gasteiger partial charge in [-0.05, 0) is 37.9 Å². The standard InChI is InChI=1S/C15H20N2O3/c1-16(10-12-4-2-3-5-12)11-15(18)13-6-8-14(9-7-13)17(19)20/h6-9,12H,2-5,10-11H2,1H3. The van der Waals surface area contributed by atoms with Gasteiger partial charge in [0, 0.05) is 24.2 Å². The Labute approximate surface area is 118 Å². The van der Waals surface area contributed by atoms with Gasteiger partial charge < -0.3 is 0 Å². The number of non-ortho nitro benzene ring substituents is 1. The Morgan fingerprint density at radius 1 is 1.30 bits per heavy atom. The maximum atomic E-state index is 12.1. The summed E-state index contributed by atoms with van der Waals surface area (Å²) in [5.74, 6) is 0.727. The number of benzene rings is 1. The van der Waals surface area contributed by atoms with E-state index in [0.717, 1.165) is 6.54 Å². The lowest BCUT2D eigenvalue weighted by atomic mass is 10.1. The average molecular weight is 276 g/mol. The van der Waals surface area contributed by atoms with Crippen molar-refractivity contribution in [3.8, 4) is 0 Å². The van der Waals surface area contributed by atoms with E-state index in [1.54, 1.807) is 0 Å². The summed E-state index contributed by atoms with van der Waals surface area (Å²) < 4.78 is 0. The highest BCUT2D eigenvalue weighted by Gasteiger charge is 2.18. The van der Waals surface area contributed by atoms with Crippen LogP contribution in [0.15, 0.2) is 24.3 Å².